The lowest BCUT2D eigenvalue weighted by atomic mass is 10.1. The Morgan fingerprint density at radius 1 is 1.45 bits per heavy atom. The van der Waals surface area contributed by atoms with E-state index in [9.17, 15) is 9.59 Å². The van der Waals surface area contributed by atoms with E-state index >= 15 is 0 Å². The van der Waals surface area contributed by atoms with Crippen LogP contribution in [0.4, 0.5) is 10.5 Å². The van der Waals surface area contributed by atoms with Crippen molar-refractivity contribution in [2.24, 2.45) is 4.99 Å². The molecule has 0 heterocycles. The van der Waals surface area contributed by atoms with Crippen LogP contribution >= 0.6 is 11.6 Å². The number of nitrogens with one attached hydrogen (secondary N) is 1. The summed E-state index contributed by atoms with van der Waals surface area (Å²) in [6.07, 6.45) is 0.903. The average molecular weight is 297 g/mol. The van der Waals surface area contributed by atoms with Crippen molar-refractivity contribution >= 4 is 29.5 Å². The molecule has 1 unspecified atom stereocenters. The molecule has 1 N–H and O–H groups in total. The van der Waals surface area contributed by atoms with Crippen LogP contribution in [0.15, 0.2) is 23.2 Å². The molecule has 1 aromatic rings. The van der Waals surface area contributed by atoms with E-state index in [0.29, 0.717) is 16.3 Å². The quantitative estimate of drug-likeness (QED) is 0.675. The van der Waals surface area contributed by atoms with Crippen molar-refractivity contribution in [2.75, 3.05) is 5.32 Å². The fourth-order valence-corrected chi connectivity index (χ4v) is 1.74. The summed E-state index contributed by atoms with van der Waals surface area (Å²) in [4.78, 5) is 25.8. The van der Waals surface area contributed by atoms with E-state index in [-0.39, 0.29) is 0 Å². The van der Waals surface area contributed by atoms with Gasteiger partial charge in [-0.3, -0.25) is 5.32 Å². The first-order chi connectivity index (χ1) is 9.23. The summed E-state index contributed by atoms with van der Waals surface area (Å²) < 4.78 is 5.18. The van der Waals surface area contributed by atoms with Gasteiger partial charge in [-0.2, -0.15) is 4.99 Å². The summed E-state index contributed by atoms with van der Waals surface area (Å²) in [6, 6.07) is 4.50. The molecular weight excluding hydrogens is 280 g/mol. The van der Waals surface area contributed by atoms with Crippen LogP contribution < -0.4 is 5.32 Å². The number of benzene rings is 1. The van der Waals surface area contributed by atoms with Gasteiger partial charge in [0.05, 0.1) is 11.7 Å². The normalized spacial score (nSPS) is 12.2. The summed E-state index contributed by atoms with van der Waals surface area (Å²) in [5.74, 6) is 0. The van der Waals surface area contributed by atoms with Crippen molar-refractivity contribution in [3.05, 3.63) is 28.8 Å². The molecule has 20 heavy (non-hydrogen) atoms. The predicted octanol–water partition coefficient (Wildman–Crippen LogP) is 4.08. The number of aliphatic imine (C=N–C) groups is 1. The lowest BCUT2D eigenvalue weighted by Gasteiger charge is -2.21. The van der Waals surface area contributed by atoms with Crippen molar-refractivity contribution in [1.82, 2.24) is 0 Å². The second-order valence-electron chi connectivity index (χ2n) is 5.25. The van der Waals surface area contributed by atoms with Gasteiger partial charge in [-0.1, -0.05) is 17.7 Å². The fraction of sp³-hybridized carbons (Fsp3) is 0.429. The Morgan fingerprint density at radius 2 is 2.10 bits per heavy atom. The highest BCUT2D eigenvalue weighted by molar-refractivity contribution is 6.31. The van der Waals surface area contributed by atoms with E-state index in [0.717, 1.165) is 0 Å². The Morgan fingerprint density at radius 3 is 2.65 bits per heavy atom. The molecule has 0 aromatic heterocycles. The van der Waals surface area contributed by atoms with Crippen LogP contribution in [0.3, 0.4) is 0 Å². The maximum Gasteiger partial charge on any atom is 0.412 e. The van der Waals surface area contributed by atoms with Gasteiger partial charge in [0.15, 0.2) is 0 Å². The Labute approximate surface area is 123 Å². The van der Waals surface area contributed by atoms with Gasteiger partial charge in [0, 0.05) is 10.6 Å². The maximum atomic E-state index is 11.8. The molecule has 0 spiro atoms. The molecule has 6 heteroatoms. The molecule has 1 rings (SSSR count). The Kier molecular flexibility index (Phi) is 5.31. The number of rotatable bonds is 3. The highest BCUT2D eigenvalue weighted by Gasteiger charge is 2.18. The topological polar surface area (TPSA) is 67.8 Å². The number of amides is 1. The van der Waals surface area contributed by atoms with E-state index in [1.807, 2.05) is 0 Å². The predicted molar refractivity (Wildman–Crippen MR) is 77.8 cm³/mol. The van der Waals surface area contributed by atoms with Gasteiger partial charge in [-0.15, -0.1) is 0 Å². The minimum absolute atomic E-state index is 0.435. The van der Waals surface area contributed by atoms with Gasteiger partial charge in [0.25, 0.3) is 0 Å². The molecule has 108 valence electrons. The third-order valence-electron chi connectivity index (χ3n) is 2.35. The van der Waals surface area contributed by atoms with Crippen LogP contribution in [-0.2, 0) is 9.53 Å². The van der Waals surface area contributed by atoms with E-state index in [2.05, 4.69) is 10.3 Å². The van der Waals surface area contributed by atoms with Gasteiger partial charge in [0.1, 0.15) is 5.60 Å². The number of halogens is 1. The number of nitrogens with zero attached hydrogens (tertiary/aromatic N) is 1. The Balaban J connectivity index is 3.01. The van der Waals surface area contributed by atoms with E-state index in [1.165, 1.54) is 6.08 Å². The molecule has 0 fully saturated rings. The number of carbonyl (C=O) groups excluding carboxylic acids is 2. The standard InChI is InChI=1S/C14H17ClN2O3/c1-9(16-8-18)11-6-5-10(15)7-12(11)17-13(19)20-14(2,3)4/h5-7,9H,1-4H3,(H,17,19). The summed E-state index contributed by atoms with van der Waals surface area (Å²) in [7, 11) is 0. The molecule has 1 aromatic carbocycles. The molecule has 1 amide bonds. The van der Waals surface area contributed by atoms with E-state index in [1.54, 1.807) is 45.9 Å². The van der Waals surface area contributed by atoms with Crippen LogP contribution in [0.2, 0.25) is 5.02 Å². The van der Waals surface area contributed by atoms with Crippen LogP contribution in [0, 0.1) is 0 Å². The highest BCUT2D eigenvalue weighted by Crippen LogP contribution is 2.28. The molecule has 0 aliphatic carbocycles. The Bertz CT molecular complexity index is 546. The molecular formula is C14H17ClN2O3. The van der Waals surface area contributed by atoms with Gasteiger partial charge in [0.2, 0.25) is 6.08 Å². The number of isocyanates is 1. The van der Waals surface area contributed by atoms with Gasteiger partial charge in [-0.25, -0.2) is 9.59 Å². The molecule has 1 atom stereocenters. The van der Waals surface area contributed by atoms with Crippen molar-refractivity contribution < 1.29 is 14.3 Å². The third-order valence-corrected chi connectivity index (χ3v) is 2.58. The average Bonchev–Trinajstić information content (AvgIpc) is 2.26. The number of ether oxygens (including phenoxy) is 1. The zero-order valence-electron chi connectivity index (χ0n) is 11.9. The highest BCUT2D eigenvalue weighted by atomic mass is 35.5. The number of hydrogen-bond acceptors (Lipinski definition) is 4. The molecule has 0 saturated heterocycles. The maximum absolute atomic E-state index is 11.8. The second kappa shape index (κ2) is 6.55. The SMILES string of the molecule is CC(N=C=O)c1ccc(Cl)cc1NC(=O)OC(C)(C)C. The van der Waals surface area contributed by atoms with E-state index in [4.69, 9.17) is 16.3 Å². The number of hydrogen-bond donors (Lipinski definition) is 1. The zero-order chi connectivity index (χ0) is 15.3. The molecule has 5 nitrogen and oxygen atoms in total. The van der Waals surface area contributed by atoms with Crippen LogP contribution in [-0.4, -0.2) is 17.8 Å². The summed E-state index contributed by atoms with van der Waals surface area (Å²) in [5, 5.41) is 3.07. The van der Waals surface area contributed by atoms with Crippen molar-refractivity contribution in [1.29, 1.82) is 0 Å². The number of anilines is 1. The molecule has 0 saturated carbocycles. The summed E-state index contributed by atoms with van der Waals surface area (Å²) >= 11 is 5.92. The largest absolute Gasteiger partial charge is 0.444 e. The van der Waals surface area contributed by atoms with Crippen molar-refractivity contribution in [3.63, 3.8) is 0 Å². The first-order valence-corrected chi connectivity index (χ1v) is 6.47. The lowest BCUT2D eigenvalue weighted by molar-refractivity contribution is 0.0636. The molecule has 0 aliphatic heterocycles. The first-order valence-electron chi connectivity index (χ1n) is 6.09. The van der Waals surface area contributed by atoms with Crippen LogP contribution in [0.5, 0.6) is 0 Å². The summed E-state index contributed by atoms with van der Waals surface area (Å²) in [6.45, 7) is 7.02. The fourth-order valence-electron chi connectivity index (χ4n) is 1.56. The smallest absolute Gasteiger partial charge is 0.412 e. The van der Waals surface area contributed by atoms with Crippen LogP contribution in [0.1, 0.15) is 39.3 Å². The zero-order valence-corrected chi connectivity index (χ0v) is 12.6. The van der Waals surface area contributed by atoms with E-state index < -0.39 is 17.7 Å². The Hall–Kier alpha value is -1.84. The third kappa shape index (κ3) is 5.03. The minimum atomic E-state index is -0.602. The summed E-state index contributed by atoms with van der Waals surface area (Å²) in [5.41, 5.74) is 0.511. The second-order valence-corrected chi connectivity index (χ2v) is 5.69. The molecule has 0 radical (unpaired) electrons. The molecule has 0 aliphatic rings. The van der Waals surface area contributed by atoms with Gasteiger partial charge >= 0.3 is 6.09 Å². The van der Waals surface area contributed by atoms with Crippen LogP contribution in [0.25, 0.3) is 0 Å². The molecule has 0 bridgehead atoms. The lowest BCUT2D eigenvalue weighted by Crippen LogP contribution is -2.27. The minimum Gasteiger partial charge on any atom is -0.444 e. The van der Waals surface area contributed by atoms with Gasteiger partial charge < -0.3 is 4.74 Å². The number of carbonyl (C=O) groups is 1. The first kappa shape index (κ1) is 16.2. The monoisotopic (exact) mass is 296 g/mol. The van der Waals surface area contributed by atoms with Crippen molar-refractivity contribution in [2.45, 2.75) is 39.3 Å². The van der Waals surface area contributed by atoms with Gasteiger partial charge in [-0.05, 0) is 39.8 Å². The van der Waals surface area contributed by atoms with Crippen molar-refractivity contribution in [3.8, 4) is 0 Å².